The second kappa shape index (κ2) is 18.6. The number of benzene rings is 3. The Hall–Kier alpha value is -5.42. The van der Waals surface area contributed by atoms with Crippen molar-refractivity contribution in [2.75, 3.05) is 5.32 Å². The molecule has 14 nitrogen and oxygen atoms in total. The number of aliphatic hydroxyl groups is 2. The van der Waals surface area contributed by atoms with Gasteiger partial charge in [-0.3, -0.25) is 24.0 Å². The fraction of sp³-hybridized carbons (Fsp3) is 0.263. The number of fused-ring (bicyclic) bond motifs is 18. The lowest BCUT2D eigenvalue weighted by Crippen LogP contribution is -2.60. The highest BCUT2D eigenvalue weighted by Crippen LogP contribution is 2.17. The van der Waals surface area contributed by atoms with E-state index in [0.29, 0.717) is 21.6 Å². The fourth-order valence-corrected chi connectivity index (χ4v) is 6.72. The molecule has 0 saturated carbocycles. The van der Waals surface area contributed by atoms with Crippen LogP contribution in [0, 0.1) is 0 Å². The summed E-state index contributed by atoms with van der Waals surface area (Å²) in [5.41, 5.74) is 1.92. The highest BCUT2D eigenvalue weighted by atomic mass is 79.9. The molecular formula is C38H38BrN5O9S. The number of thiophene rings is 1. The first-order chi connectivity index (χ1) is 25.9. The number of aliphatic hydroxyl groups excluding tert-OH is 2. The van der Waals surface area contributed by atoms with E-state index in [-0.39, 0.29) is 31.4 Å². The van der Waals surface area contributed by atoms with E-state index in [0.717, 1.165) is 4.47 Å². The Morgan fingerprint density at radius 2 is 1.17 bits per heavy atom. The van der Waals surface area contributed by atoms with E-state index in [2.05, 4.69) is 42.5 Å². The number of anilines is 1. The molecule has 282 valence electrons. The van der Waals surface area contributed by atoms with Gasteiger partial charge in [-0.2, -0.15) is 0 Å². The lowest BCUT2D eigenvalue weighted by molar-refractivity contribution is -0.145. The molecular weight excluding hydrogens is 782 g/mol. The van der Waals surface area contributed by atoms with Crippen molar-refractivity contribution in [1.82, 2.24) is 21.3 Å². The summed E-state index contributed by atoms with van der Waals surface area (Å²) in [5, 5.41) is 45.9. The molecule has 1 aromatic heterocycles. The average molecular weight is 821 g/mol. The summed E-state index contributed by atoms with van der Waals surface area (Å²) in [6, 6.07) is 19.6. The van der Waals surface area contributed by atoms with Gasteiger partial charge in [-0.25, -0.2) is 4.79 Å². The third-order valence-electron chi connectivity index (χ3n) is 8.63. The zero-order chi connectivity index (χ0) is 38.8. The van der Waals surface area contributed by atoms with Crippen molar-refractivity contribution in [3.8, 4) is 0 Å². The molecule has 0 unspecified atom stereocenters. The van der Waals surface area contributed by atoms with Gasteiger partial charge in [0.15, 0.2) is 12.2 Å². The summed E-state index contributed by atoms with van der Waals surface area (Å²) < 4.78 is 0.767. The number of hydrogen-bond acceptors (Lipinski definition) is 9. The predicted molar refractivity (Wildman–Crippen MR) is 202 cm³/mol. The highest BCUT2D eigenvalue weighted by Gasteiger charge is 2.35. The number of carbonyl (C=O) groups is 6. The molecule has 2 aliphatic rings. The number of halogens is 1. The third kappa shape index (κ3) is 11.1. The Morgan fingerprint density at radius 3 is 1.74 bits per heavy atom. The van der Waals surface area contributed by atoms with Gasteiger partial charge in [0.25, 0.3) is 11.8 Å². The van der Waals surface area contributed by atoms with Gasteiger partial charge in [-0.05, 0) is 52.4 Å². The Balaban J connectivity index is 1.53. The largest absolute Gasteiger partial charge is 0.480 e. The van der Waals surface area contributed by atoms with E-state index in [1.807, 2.05) is 0 Å². The van der Waals surface area contributed by atoms with Crippen LogP contribution in [0.15, 0.2) is 101 Å². The van der Waals surface area contributed by atoms with Gasteiger partial charge in [0, 0.05) is 40.7 Å². The topological polar surface area (TPSA) is 223 Å². The van der Waals surface area contributed by atoms with Crippen LogP contribution >= 0.6 is 27.3 Å². The van der Waals surface area contributed by atoms with Gasteiger partial charge >= 0.3 is 5.97 Å². The number of carbonyl (C=O) groups excluding carboxylic acids is 5. The molecule has 0 radical (unpaired) electrons. The van der Waals surface area contributed by atoms with Gasteiger partial charge < -0.3 is 41.9 Å². The van der Waals surface area contributed by atoms with Crippen molar-refractivity contribution in [2.45, 2.75) is 62.1 Å². The summed E-state index contributed by atoms with van der Waals surface area (Å²) in [6.45, 7) is 0. The smallest absolute Gasteiger partial charge is 0.326 e. The summed E-state index contributed by atoms with van der Waals surface area (Å²) in [7, 11) is 0. The molecule has 0 fully saturated rings. The van der Waals surface area contributed by atoms with Crippen LogP contribution in [0.25, 0.3) is 0 Å². The Bertz CT molecular complexity index is 1950. The summed E-state index contributed by atoms with van der Waals surface area (Å²) in [5.74, 6) is -6.07. The van der Waals surface area contributed by atoms with Crippen molar-refractivity contribution in [2.24, 2.45) is 0 Å². The number of amides is 5. The van der Waals surface area contributed by atoms with Gasteiger partial charge in [0.2, 0.25) is 17.7 Å². The van der Waals surface area contributed by atoms with Crippen LogP contribution in [-0.4, -0.2) is 87.2 Å². The van der Waals surface area contributed by atoms with Crippen molar-refractivity contribution < 1.29 is 44.1 Å². The molecule has 0 aliphatic carbocycles. The summed E-state index contributed by atoms with van der Waals surface area (Å²) >= 11 is 4.67. The summed E-state index contributed by atoms with van der Waals surface area (Å²) in [4.78, 5) is 81.1. The van der Waals surface area contributed by atoms with E-state index in [1.165, 1.54) is 35.6 Å². The maximum Gasteiger partial charge on any atom is 0.326 e. The molecule has 8 N–H and O–H groups in total. The maximum atomic E-state index is 14.2. The van der Waals surface area contributed by atoms with E-state index in [1.54, 1.807) is 72.1 Å². The highest BCUT2D eigenvalue weighted by molar-refractivity contribution is 9.10. The van der Waals surface area contributed by atoms with Crippen molar-refractivity contribution in [3.05, 3.63) is 122 Å². The van der Waals surface area contributed by atoms with Gasteiger partial charge in [-0.15, -0.1) is 11.3 Å². The van der Waals surface area contributed by atoms with Crippen LogP contribution in [-0.2, 0) is 54.5 Å². The van der Waals surface area contributed by atoms with Crippen LogP contribution in [0.3, 0.4) is 0 Å². The molecule has 4 aromatic rings. The number of rotatable bonds is 7. The zero-order valence-electron chi connectivity index (χ0n) is 28.6. The van der Waals surface area contributed by atoms with Crippen molar-refractivity contribution in [3.63, 3.8) is 0 Å². The first-order valence-electron chi connectivity index (χ1n) is 16.9. The lowest BCUT2D eigenvalue weighted by atomic mass is 10.0. The van der Waals surface area contributed by atoms with E-state index < -0.39 is 71.9 Å². The van der Waals surface area contributed by atoms with Crippen LogP contribution in [0.2, 0.25) is 0 Å². The molecule has 16 heteroatoms. The maximum absolute atomic E-state index is 14.2. The van der Waals surface area contributed by atoms with Gasteiger partial charge in [0.05, 0.1) is 0 Å². The SMILES string of the molecule is O=C(O)[C@@H]1Cc2ccc(cc2)NC(=O)[C@H](O)[C@@H](O)C(=O)N[C@H](Cc2cccs2)C(=O)N[C@@H](Cc2ccc(Br)cc2)C(=O)N[C@H](Cc2ccccc2)C(=O)N1. The standard InChI is InChI=1S/C38H38BrN5O9S/c39-24-12-8-22(9-13-24)18-28-33(47)41-27(17-21-5-2-1-3-6-21)34(48)44-30(38(52)53)19-23-10-14-25(15-11-23)40-36(50)31(45)32(46)37(51)43-29(35(49)42-28)20-26-7-4-16-54-26/h1-16,27-32,45-46H,17-20H2,(H,40,50)(H,41,47)(H,42,49)(H,43,51)(H,44,48)(H,52,53)/t27-,28+,29-,30+,31-,32-/m1/s1. The molecule has 54 heavy (non-hydrogen) atoms. The molecule has 6 atom stereocenters. The first kappa shape index (κ1) is 39.8. The first-order valence-corrected chi connectivity index (χ1v) is 18.5. The fourth-order valence-electron chi connectivity index (χ4n) is 5.70. The summed E-state index contributed by atoms with van der Waals surface area (Å²) in [6.07, 6.45) is -4.84. The Kier molecular flexibility index (Phi) is 13.7. The van der Waals surface area contributed by atoms with Gasteiger partial charge in [-0.1, -0.05) is 76.6 Å². The van der Waals surface area contributed by atoms with Gasteiger partial charge in [0.1, 0.15) is 24.2 Å². The molecule has 3 heterocycles. The Labute approximate surface area is 322 Å². The second-order valence-electron chi connectivity index (χ2n) is 12.7. The number of aliphatic carboxylic acids is 1. The number of carboxylic acids is 1. The molecule has 2 aliphatic heterocycles. The normalized spacial score (nSPS) is 23.2. The van der Waals surface area contributed by atoms with E-state index in [4.69, 9.17) is 0 Å². The minimum absolute atomic E-state index is 0.0185. The number of carboxylic acid groups (broad SMARTS) is 1. The molecule has 0 saturated heterocycles. The molecule has 3 aromatic carbocycles. The van der Waals surface area contributed by atoms with Crippen molar-refractivity contribution >= 4 is 68.5 Å². The second-order valence-corrected chi connectivity index (χ2v) is 14.6. The number of nitrogens with one attached hydrogen (secondary N) is 5. The molecule has 0 spiro atoms. The van der Waals surface area contributed by atoms with Crippen LogP contribution < -0.4 is 26.6 Å². The lowest BCUT2D eigenvalue weighted by Gasteiger charge is -2.27. The van der Waals surface area contributed by atoms with E-state index >= 15 is 0 Å². The van der Waals surface area contributed by atoms with E-state index in [9.17, 15) is 44.1 Å². The monoisotopic (exact) mass is 819 g/mol. The minimum atomic E-state index is -2.29. The quantitative estimate of drug-likeness (QED) is 0.126. The van der Waals surface area contributed by atoms with Crippen molar-refractivity contribution in [1.29, 1.82) is 0 Å². The third-order valence-corrected chi connectivity index (χ3v) is 10.1. The zero-order valence-corrected chi connectivity index (χ0v) is 31.0. The Morgan fingerprint density at radius 1 is 0.630 bits per heavy atom. The van der Waals surface area contributed by atoms with Crippen LogP contribution in [0.1, 0.15) is 21.6 Å². The minimum Gasteiger partial charge on any atom is -0.480 e. The molecule has 5 amide bonds. The van der Waals surface area contributed by atoms with Crippen LogP contribution in [0.5, 0.6) is 0 Å². The predicted octanol–water partition coefficient (Wildman–Crippen LogP) is 1.48. The average Bonchev–Trinajstić information content (AvgIpc) is 3.67. The molecule has 6 rings (SSSR count). The number of hydrogen-bond donors (Lipinski definition) is 8. The van der Waals surface area contributed by atoms with Crippen LogP contribution in [0.4, 0.5) is 5.69 Å². The molecule has 2 bridgehead atoms.